The number of aliphatic hydroxyl groups is 1. The number of ether oxygens (including phenoxy) is 2. The highest BCUT2D eigenvalue weighted by atomic mass is 16.7. The molecule has 0 fully saturated rings. The zero-order valence-electron chi connectivity index (χ0n) is 11.9. The van der Waals surface area contributed by atoms with Crippen molar-refractivity contribution in [3.8, 4) is 11.5 Å². The fourth-order valence-electron chi connectivity index (χ4n) is 2.37. The first-order chi connectivity index (χ1) is 9.28. The van der Waals surface area contributed by atoms with Crippen LogP contribution in [-0.2, 0) is 4.79 Å². The van der Waals surface area contributed by atoms with Gasteiger partial charge in [0.15, 0.2) is 11.5 Å². The van der Waals surface area contributed by atoms with E-state index in [1.807, 2.05) is 20.8 Å². The Hall–Kier alpha value is -1.75. The minimum absolute atomic E-state index is 0.124. The summed E-state index contributed by atoms with van der Waals surface area (Å²) in [5.74, 6) is -1.29. The number of benzene rings is 1. The summed E-state index contributed by atoms with van der Waals surface area (Å²) in [5.41, 5.74) is 0.287. The molecule has 2 unspecified atom stereocenters. The lowest BCUT2D eigenvalue weighted by atomic mass is 9.82. The van der Waals surface area contributed by atoms with Gasteiger partial charge in [-0.1, -0.05) is 26.8 Å². The molecule has 0 bridgehead atoms. The van der Waals surface area contributed by atoms with Gasteiger partial charge in [0.05, 0.1) is 12.1 Å². The van der Waals surface area contributed by atoms with Crippen molar-refractivity contribution in [2.24, 2.45) is 5.41 Å². The highest BCUT2D eigenvalue weighted by molar-refractivity contribution is 5.75. The van der Waals surface area contributed by atoms with Crippen molar-refractivity contribution >= 4 is 5.97 Å². The third kappa shape index (κ3) is 3.22. The summed E-state index contributed by atoms with van der Waals surface area (Å²) in [5, 5.41) is 21.6. The van der Waals surface area contributed by atoms with Gasteiger partial charge in [0, 0.05) is 5.92 Å². The van der Waals surface area contributed by atoms with Gasteiger partial charge in [-0.25, -0.2) is 0 Å². The SMILES string of the molecule is CC(C)(C)CC(O)C(C(=O)[O-])c1ccc2c(c1)OCO2. The smallest absolute Gasteiger partial charge is 0.231 e. The molecule has 2 atom stereocenters. The Kier molecular flexibility index (Phi) is 3.90. The second-order valence-electron chi connectivity index (χ2n) is 6.24. The molecular weight excluding hydrogens is 260 g/mol. The Morgan fingerprint density at radius 2 is 2.00 bits per heavy atom. The van der Waals surface area contributed by atoms with E-state index in [9.17, 15) is 15.0 Å². The standard InChI is InChI=1S/C15H20O5/c1-15(2,3)7-10(16)13(14(17)18)9-4-5-11-12(6-9)20-8-19-11/h4-6,10,13,16H,7-8H2,1-3H3,(H,17,18)/p-1. The first-order valence-corrected chi connectivity index (χ1v) is 6.56. The molecule has 0 aromatic heterocycles. The Balaban J connectivity index is 2.27. The molecular formula is C15H19O5-. The summed E-state index contributed by atoms with van der Waals surface area (Å²) in [6.07, 6.45) is -0.652. The minimum Gasteiger partial charge on any atom is -0.549 e. The molecule has 20 heavy (non-hydrogen) atoms. The largest absolute Gasteiger partial charge is 0.549 e. The van der Waals surface area contributed by atoms with Crippen molar-refractivity contribution in [1.29, 1.82) is 0 Å². The van der Waals surface area contributed by atoms with Crippen LogP contribution in [0, 0.1) is 5.41 Å². The van der Waals surface area contributed by atoms with Gasteiger partial charge in [-0.15, -0.1) is 0 Å². The zero-order valence-corrected chi connectivity index (χ0v) is 11.9. The molecule has 1 N–H and O–H groups in total. The number of hydrogen-bond acceptors (Lipinski definition) is 5. The summed E-state index contributed by atoms with van der Waals surface area (Å²) in [6.45, 7) is 5.96. The fraction of sp³-hybridized carbons (Fsp3) is 0.533. The van der Waals surface area contributed by atoms with Crippen LogP contribution in [0.5, 0.6) is 11.5 Å². The molecule has 110 valence electrons. The van der Waals surface area contributed by atoms with E-state index < -0.39 is 18.0 Å². The molecule has 1 aromatic carbocycles. The van der Waals surface area contributed by atoms with Crippen LogP contribution in [0.2, 0.25) is 0 Å². The van der Waals surface area contributed by atoms with Crippen molar-refractivity contribution in [2.45, 2.75) is 39.2 Å². The first kappa shape index (κ1) is 14.7. The van der Waals surface area contributed by atoms with Crippen LogP contribution in [0.4, 0.5) is 0 Å². The Morgan fingerprint density at radius 3 is 2.60 bits per heavy atom. The number of fused-ring (bicyclic) bond motifs is 1. The molecule has 1 aliphatic heterocycles. The first-order valence-electron chi connectivity index (χ1n) is 6.56. The number of carboxylic acids is 1. The number of rotatable bonds is 4. The summed E-state index contributed by atoms with van der Waals surface area (Å²) < 4.78 is 10.4. The third-order valence-electron chi connectivity index (χ3n) is 3.22. The van der Waals surface area contributed by atoms with E-state index in [4.69, 9.17) is 9.47 Å². The number of hydrogen-bond donors (Lipinski definition) is 1. The average Bonchev–Trinajstić information content (AvgIpc) is 2.73. The maximum absolute atomic E-state index is 11.4. The second kappa shape index (κ2) is 5.32. The van der Waals surface area contributed by atoms with E-state index in [1.165, 1.54) is 0 Å². The van der Waals surface area contributed by atoms with Crippen molar-refractivity contribution in [3.63, 3.8) is 0 Å². The molecule has 0 aliphatic carbocycles. The van der Waals surface area contributed by atoms with Gasteiger partial charge in [-0.2, -0.15) is 0 Å². The molecule has 2 rings (SSSR count). The summed E-state index contributed by atoms with van der Waals surface area (Å²) >= 11 is 0. The van der Waals surface area contributed by atoms with Crippen LogP contribution in [-0.4, -0.2) is 24.0 Å². The summed E-state index contributed by atoms with van der Waals surface area (Å²) in [6, 6.07) is 4.87. The Bertz CT molecular complexity index is 503. The molecule has 0 saturated heterocycles. The predicted octanol–water partition coefficient (Wildman–Crippen LogP) is 1.05. The van der Waals surface area contributed by atoms with Crippen LogP contribution >= 0.6 is 0 Å². The molecule has 1 heterocycles. The lowest BCUT2D eigenvalue weighted by molar-refractivity contribution is -0.310. The van der Waals surface area contributed by atoms with E-state index in [2.05, 4.69) is 0 Å². The van der Waals surface area contributed by atoms with Gasteiger partial charge in [-0.3, -0.25) is 0 Å². The molecule has 0 spiro atoms. The number of carbonyl (C=O) groups excluding carboxylic acids is 1. The van der Waals surface area contributed by atoms with Crippen molar-refractivity contribution in [3.05, 3.63) is 23.8 Å². The van der Waals surface area contributed by atoms with E-state index in [0.29, 0.717) is 23.5 Å². The van der Waals surface area contributed by atoms with Crippen molar-refractivity contribution < 1.29 is 24.5 Å². The highest BCUT2D eigenvalue weighted by Gasteiger charge is 2.28. The van der Waals surface area contributed by atoms with Gasteiger partial charge < -0.3 is 24.5 Å². The van der Waals surface area contributed by atoms with Gasteiger partial charge in [0.2, 0.25) is 6.79 Å². The number of carboxylic acid groups (broad SMARTS) is 1. The molecule has 5 nitrogen and oxygen atoms in total. The van der Waals surface area contributed by atoms with Crippen LogP contribution in [0.1, 0.15) is 38.7 Å². The number of carbonyl (C=O) groups is 1. The quantitative estimate of drug-likeness (QED) is 0.891. The Morgan fingerprint density at radius 1 is 1.35 bits per heavy atom. The second-order valence-corrected chi connectivity index (χ2v) is 6.24. The van der Waals surface area contributed by atoms with Crippen LogP contribution in [0.3, 0.4) is 0 Å². The maximum atomic E-state index is 11.4. The van der Waals surface area contributed by atoms with E-state index in [0.717, 1.165) is 0 Å². The molecule has 1 aliphatic rings. The van der Waals surface area contributed by atoms with Crippen LogP contribution < -0.4 is 14.6 Å². The van der Waals surface area contributed by atoms with E-state index in [1.54, 1.807) is 18.2 Å². The van der Waals surface area contributed by atoms with Crippen molar-refractivity contribution in [2.75, 3.05) is 6.79 Å². The van der Waals surface area contributed by atoms with Crippen LogP contribution in [0.25, 0.3) is 0 Å². The monoisotopic (exact) mass is 279 g/mol. The fourth-order valence-corrected chi connectivity index (χ4v) is 2.37. The van der Waals surface area contributed by atoms with Gasteiger partial charge in [0.1, 0.15) is 0 Å². The van der Waals surface area contributed by atoms with E-state index in [-0.39, 0.29) is 12.2 Å². The lowest BCUT2D eigenvalue weighted by Crippen LogP contribution is -2.38. The maximum Gasteiger partial charge on any atom is 0.231 e. The zero-order chi connectivity index (χ0) is 14.9. The average molecular weight is 279 g/mol. The third-order valence-corrected chi connectivity index (χ3v) is 3.22. The van der Waals surface area contributed by atoms with Crippen molar-refractivity contribution in [1.82, 2.24) is 0 Å². The summed E-state index contributed by atoms with van der Waals surface area (Å²) in [4.78, 5) is 11.4. The Labute approximate surface area is 118 Å². The van der Waals surface area contributed by atoms with Gasteiger partial charge >= 0.3 is 0 Å². The molecule has 0 amide bonds. The van der Waals surface area contributed by atoms with E-state index >= 15 is 0 Å². The van der Waals surface area contributed by atoms with Gasteiger partial charge in [-0.05, 0) is 29.5 Å². The molecule has 0 radical (unpaired) electrons. The molecule has 5 heteroatoms. The molecule has 0 saturated carbocycles. The minimum atomic E-state index is -1.29. The number of aliphatic carboxylic acids is 1. The van der Waals surface area contributed by atoms with Crippen LogP contribution in [0.15, 0.2) is 18.2 Å². The summed E-state index contributed by atoms with van der Waals surface area (Å²) in [7, 11) is 0. The highest BCUT2D eigenvalue weighted by Crippen LogP contribution is 2.36. The normalized spacial score (nSPS) is 16.8. The lowest BCUT2D eigenvalue weighted by Gasteiger charge is -2.29. The number of aliphatic hydroxyl groups excluding tert-OH is 1. The van der Waals surface area contributed by atoms with Gasteiger partial charge in [0.25, 0.3) is 0 Å². The topological polar surface area (TPSA) is 78.8 Å². The predicted molar refractivity (Wildman–Crippen MR) is 70.4 cm³/mol. The molecule has 1 aromatic rings.